The van der Waals surface area contributed by atoms with E-state index in [-0.39, 0.29) is 12.3 Å². The smallest absolute Gasteiger partial charge is 0.355 e. The number of benzene rings is 2. The van der Waals surface area contributed by atoms with Gasteiger partial charge in [0, 0.05) is 5.02 Å². The number of esters is 1. The summed E-state index contributed by atoms with van der Waals surface area (Å²) in [6, 6.07) is 12.8. The highest BCUT2D eigenvalue weighted by atomic mass is 35.5. The van der Waals surface area contributed by atoms with Crippen molar-refractivity contribution in [3.05, 3.63) is 59.1 Å². The predicted octanol–water partition coefficient (Wildman–Crippen LogP) is 2.95. The number of imide groups is 1. The zero-order valence-electron chi connectivity index (χ0n) is 15.8. The molecular weight excluding hydrogens is 394 g/mol. The molecule has 0 unspecified atom stereocenters. The Morgan fingerprint density at radius 3 is 2.28 bits per heavy atom. The Balaban J connectivity index is 1.78. The van der Waals surface area contributed by atoms with Gasteiger partial charge in [-0.3, -0.25) is 14.6 Å². The van der Waals surface area contributed by atoms with Crippen LogP contribution < -0.4 is 9.91 Å². The minimum atomic E-state index is -1.03. The Labute approximate surface area is 172 Å². The number of nitrogens with zero attached hydrogens (tertiary/aromatic N) is 3. The van der Waals surface area contributed by atoms with E-state index in [1.54, 1.807) is 43.3 Å². The lowest BCUT2D eigenvalue weighted by atomic mass is 9.97. The zero-order chi connectivity index (χ0) is 20.7. The SMILES string of the molecule is CCOC(=O)C1=NN(c2ccc(C)cc2)[C@@H]2C(=O)N(c3ccc(Cl)cc3)C(=O)[C@@H]12. The van der Waals surface area contributed by atoms with Crippen molar-refractivity contribution >= 4 is 46.5 Å². The maximum absolute atomic E-state index is 13.3. The lowest BCUT2D eigenvalue weighted by Crippen LogP contribution is -2.39. The molecule has 1 fully saturated rings. The molecule has 0 spiro atoms. The average Bonchev–Trinajstić information content (AvgIpc) is 3.21. The molecule has 148 valence electrons. The molecule has 0 saturated carbocycles. The fourth-order valence-electron chi connectivity index (χ4n) is 3.54. The van der Waals surface area contributed by atoms with Crippen LogP contribution in [0.15, 0.2) is 53.6 Å². The van der Waals surface area contributed by atoms with Gasteiger partial charge in [0.1, 0.15) is 12.0 Å². The highest BCUT2D eigenvalue weighted by molar-refractivity contribution is 6.47. The number of ether oxygens (including phenoxy) is 1. The number of hydrogen-bond acceptors (Lipinski definition) is 6. The van der Waals surface area contributed by atoms with Gasteiger partial charge < -0.3 is 4.74 Å². The van der Waals surface area contributed by atoms with Crippen molar-refractivity contribution in [2.75, 3.05) is 16.5 Å². The minimum Gasteiger partial charge on any atom is -0.461 e. The molecule has 2 aliphatic rings. The second-order valence-electron chi connectivity index (χ2n) is 6.80. The van der Waals surface area contributed by atoms with Crippen LogP contribution in [0.1, 0.15) is 12.5 Å². The van der Waals surface area contributed by atoms with Gasteiger partial charge in [-0.1, -0.05) is 29.3 Å². The molecule has 29 heavy (non-hydrogen) atoms. The summed E-state index contributed by atoms with van der Waals surface area (Å²) in [6.07, 6.45) is 0. The van der Waals surface area contributed by atoms with Crippen LogP contribution in [0.3, 0.4) is 0 Å². The Hall–Kier alpha value is -3.19. The number of rotatable bonds is 4. The van der Waals surface area contributed by atoms with Crippen LogP contribution in [-0.4, -0.2) is 36.1 Å². The predicted molar refractivity (Wildman–Crippen MR) is 109 cm³/mol. The largest absolute Gasteiger partial charge is 0.461 e. The molecule has 0 aromatic heterocycles. The van der Waals surface area contributed by atoms with E-state index >= 15 is 0 Å². The molecule has 8 heteroatoms. The molecule has 0 bridgehead atoms. The van der Waals surface area contributed by atoms with Crippen LogP contribution >= 0.6 is 11.6 Å². The van der Waals surface area contributed by atoms with Crippen molar-refractivity contribution in [2.45, 2.75) is 19.9 Å². The Bertz CT molecular complexity index is 1020. The number of hydrazone groups is 1. The molecule has 0 radical (unpaired) electrons. The molecule has 2 atom stereocenters. The van der Waals surface area contributed by atoms with Crippen molar-refractivity contribution in [3.63, 3.8) is 0 Å². The summed E-state index contributed by atoms with van der Waals surface area (Å²) in [5.41, 5.74) is 1.98. The van der Waals surface area contributed by atoms with E-state index in [2.05, 4.69) is 5.10 Å². The van der Waals surface area contributed by atoms with Crippen LogP contribution in [0.25, 0.3) is 0 Å². The van der Waals surface area contributed by atoms with Crippen molar-refractivity contribution < 1.29 is 19.1 Å². The summed E-state index contributed by atoms with van der Waals surface area (Å²) < 4.78 is 5.08. The quantitative estimate of drug-likeness (QED) is 0.571. The van der Waals surface area contributed by atoms with Gasteiger partial charge in [-0.25, -0.2) is 9.69 Å². The Morgan fingerprint density at radius 1 is 1.03 bits per heavy atom. The first-order chi connectivity index (χ1) is 13.9. The fraction of sp³-hybridized carbons (Fsp3) is 0.238. The zero-order valence-corrected chi connectivity index (χ0v) is 16.6. The number of fused-ring (bicyclic) bond motifs is 1. The number of halogens is 1. The Morgan fingerprint density at radius 2 is 1.66 bits per heavy atom. The van der Waals surface area contributed by atoms with E-state index in [9.17, 15) is 14.4 Å². The van der Waals surface area contributed by atoms with Crippen LogP contribution in [0, 0.1) is 12.8 Å². The monoisotopic (exact) mass is 411 g/mol. The van der Waals surface area contributed by atoms with Crippen molar-refractivity contribution in [3.8, 4) is 0 Å². The van der Waals surface area contributed by atoms with Gasteiger partial charge in [-0.05, 0) is 50.2 Å². The van der Waals surface area contributed by atoms with Gasteiger partial charge in [0.05, 0.1) is 18.0 Å². The first kappa shape index (κ1) is 19.1. The first-order valence-electron chi connectivity index (χ1n) is 9.17. The van der Waals surface area contributed by atoms with Crippen molar-refractivity contribution in [1.82, 2.24) is 0 Å². The summed E-state index contributed by atoms with van der Waals surface area (Å²) in [4.78, 5) is 40.0. The molecule has 2 aromatic carbocycles. The lowest BCUT2D eigenvalue weighted by Gasteiger charge is -2.22. The van der Waals surface area contributed by atoms with Gasteiger partial charge in [0.2, 0.25) is 5.91 Å². The maximum Gasteiger partial charge on any atom is 0.355 e. The maximum atomic E-state index is 13.3. The van der Waals surface area contributed by atoms with Crippen molar-refractivity contribution in [2.24, 2.45) is 11.0 Å². The van der Waals surface area contributed by atoms with E-state index in [0.717, 1.165) is 10.5 Å². The highest BCUT2D eigenvalue weighted by Crippen LogP contribution is 2.38. The molecule has 2 aromatic rings. The third-order valence-corrected chi connectivity index (χ3v) is 5.17. The number of anilines is 2. The van der Waals surface area contributed by atoms with Crippen LogP contribution in [0.5, 0.6) is 0 Å². The summed E-state index contributed by atoms with van der Waals surface area (Å²) >= 11 is 5.93. The van der Waals surface area contributed by atoms with E-state index in [0.29, 0.717) is 16.4 Å². The summed E-state index contributed by atoms with van der Waals surface area (Å²) in [5, 5.41) is 6.25. The number of carbonyl (C=O) groups is 3. The van der Waals surface area contributed by atoms with E-state index in [1.807, 2.05) is 19.1 Å². The van der Waals surface area contributed by atoms with Gasteiger partial charge >= 0.3 is 5.97 Å². The molecule has 1 saturated heterocycles. The van der Waals surface area contributed by atoms with E-state index in [1.165, 1.54) is 5.01 Å². The van der Waals surface area contributed by atoms with Crippen LogP contribution in [0.2, 0.25) is 5.02 Å². The van der Waals surface area contributed by atoms with Gasteiger partial charge in [0.25, 0.3) is 5.91 Å². The first-order valence-corrected chi connectivity index (χ1v) is 9.55. The second-order valence-corrected chi connectivity index (χ2v) is 7.23. The molecule has 4 rings (SSSR count). The average molecular weight is 412 g/mol. The molecule has 0 N–H and O–H groups in total. The number of amides is 2. The van der Waals surface area contributed by atoms with E-state index < -0.39 is 29.7 Å². The molecular formula is C21H18ClN3O4. The standard InChI is InChI=1S/C21H18ClN3O4/c1-3-29-21(28)17-16-18(25(23-17)15-8-4-12(2)5-9-15)20(27)24(19(16)26)14-10-6-13(22)7-11-14/h4-11,16,18H,3H2,1-2H3/t16-,18-/m0/s1. The fourth-order valence-corrected chi connectivity index (χ4v) is 3.67. The van der Waals surface area contributed by atoms with E-state index in [4.69, 9.17) is 16.3 Å². The topological polar surface area (TPSA) is 79.3 Å². The molecule has 0 aliphatic carbocycles. The number of carbonyl (C=O) groups excluding carboxylic acids is 3. The van der Waals surface area contributed by atoms with Crippen LogP contribution in [0.4, 0.5) is 11.4 Å². The highest BCUT2D eigenvalue weighted by Gasteiger charge is 2.59. The lowest BCUT2D eigenvalue weighted by molar-refractivity contribution is -0.136. The van der Waals surface area contributed by atoms with Crippen LogP contribution in [-0.2, 0) is 19.1 Å². The summed E-state index contributed by atoms with van der Waals surface area (Å²) in [7, 11) is 0. The van der Waals surface area contributed by atoms with Gasteiger partial charge in [-0.2, -0.15) is 5.10 Å². The number of hydrogen-bond donors (Lipinski definition) is 0. The summed E-state index contributed by atoms with van der Waals surface area (Å²) in [6.45, 7) is 3.75. The normalized spacial score (nSPS) is 20.7. The van der Waals surface area contributed by atoms with Crippen molar-refractivity contribution in [1.29, 1.82) is 0 Å². The Kier molecular flexibility index (Phi) is 4.84. The third-order valence-electron chi connectivity index (χ3n) is 4.92. The molecule has 7 nitrogen and oxygen atoms in total. The van der Waals surface area contributed by atoms with Gasteiger partial charge in [-0.15, -0.1) is 0 Å². The third kappa shape index (κ3) is 3.17. The molecule has 2 amide bonds. The minimum absolute atomic E-state index is 0.0627. The second kappa shape index (κ2) is 7.33. The molecule has 2 heterocycles. The molecule has 2 aliphatic heterocycles. The number of aryl methyl sites for hydroxylation is 1. The summed E-state index contributed by atoms with van der Waals surface area (Å²) in [5.74, 6) is -2.69. The van der Waals surface area contributed by atoms with Gasteiger partial charge in [0.15, 0.2) is 5.71 Å².